The molecule has 6 heteroatoms. The minimum atomic E-state index is -0.518. The molecule has 0 bridgehead atoms. The Morgan fingerprint density at radius 2 is 2.13 bits per heavy atom. The SMILES string of the molecule is CCCC(N)Cc1ncc([N+](=O)[O-])cn1. The topological polar surface area (TPSA) is 94.9 Å². The van der Waals surface area contributed by atoms with Gasteiger partial charge in [-0.1, -0.05) is 13.3 Å². The third-order valence-electron chi connectivity index (χ3n) is 2.01. The molecule has 0 amide bonds. The number of nitrogens with zero attached hydrogens (tertiary/aromatic N) is 3. The van der Waals surface area contributed by atoms with Crippen LogP contribution in [0.5, 0.6) is 0 Å². The zero-order chi connectivity index (χ0) is 11.3. The van der Waals surface area contributed by atoms with E-state index in [-0.39, 0.29) is 11.7 Å². The van der Waals surface area contributed by atoms with E-state index in [4.69, 9.17) is 5.73 Å². The van der Waals surface area contributed by atoms with Gasteiger partial charge >= 0.3 is 5.69 Å². The Kier molecular flexibility index (Phi) is 4.11. The molecule has 0 aliphatic carbocycles. The molecule has 0 saturated carbocycles. The maximum Gasteiger partial charge on any atom is 0.305 e. The summed E-state index contributed by atoms with van der Waals surface area (Å²) in [5, 5.41) is 10.3. The van der Waals surface area contributed by atoms with Gasteiger partial charge < -0.3 is 5.73 Å². The molecular formula is C9H14N4O2. The van der Waals surface area contributed by atoms with E-state index in [9.17, 15) is 10.1 Å². The van der Waals surface area contributed by atoms with Crippen LogP contribution in [0.4, 0.5) is 5.69 Å². The van der Waals surface area contributed by atoms with Crippen LogP contribution < -0.4 is 5.73 Å². The second-order valence-corrected chi connectivity index (χ2v) is 3.37. The van der Waals surface area contributed by atoms with Crippen LogP contribution in [0.15, 0.2) is 12.4 Å². The van der Waals surface area contributed by atoms with E-state index in [2.05, 4.69) is 16.9 Å². The number of nitrogens with two attached hydrogens (primary N) is 1. The van der Waals surface area contributed by atoms with Crippen LogP contribution in [0, 0.1) is 10.1 Å². The second kappa shape index (κ2) is 5.35. The van der Waals surface area contributed by atoms with Gasteiger partial charge in [-0.2, -0.15) is 0 Å². The Labute approximate surface area is 87.7 Å². The molecule has 15 heavy (non-hydrogen) atoms. The fraction of sp³-hybridized carbons (Fsp3) is 0.556. The number of hydrogen-bond acceptors (Lipinski definition) is 5. The molecule has 0 fully saturated rings. The molecule has 82 valence electrons. The maximum atomic E-state index is 10.3. The summed E-state index contributed by atoms with van der Waals surface area (Å²) in [6, 6.07) is 0.0245. The standard InChI is InChI=1S/C9H14N4O2/c1-2-3-7(10)4-9-11-5-8(6-12-9)13(14)15/h5-7H,2-4,10H2,1H3. The molecule has 0 radical (unpaired) electrons. The van der Waals surface area contributed by atoms with Crippen LogP contribution in [-0.2, 0) is 6.42 Å². The Morgan fingerprint density at radius 1 is 1.53 bits per heavy atom. The highest BCUT2D eigenvalue weighted by molar-refractivity contribution is 5.20. The first-order valence-corrected chi connectivity index (χ1v) is 4.84. The highest BCUT2D eigenvalue weighted by Crippen LogP contribution is 2.07. The molecule has 1 rings (SSSR count). The molecule has 1 atom stereocenters. The summed E-state index contributed by atoms with van der Waals surface area (Å²) in [5.41, 5.74) is 5.71. The molecule has 0 aliphatic heterocycles. The summed E-state index contributed by atoms with van der Waals surface area (Å²) in [4.78, 5) is 17.6. The third kappa shape index (κ3) is 3.59. The van der Waals surface area contributed by atoms with Gasteiger partial charge in [0.05, 0.1) is 4.92 Å². The Balaban J connectivity index is 2.60. The summed E-state index contributed by atoms with van der Waals surface area (Å²) < 4.78 is 0. The molecular weight excluding hydrogens is 196 g/mol. The van der Waals surface area contributed by atoms with Gasteiger partial charge in [-0.15, -0.1) is 0 Å². The van der Waals surface area contributed by atoms with Crippen molar-refractivity contribution >= 4 is 5.69 Å². The van der Waals surface area contributed by atoms with E-state index in [1.165, 1.54) is 12.4 Å². The van der Waals surface area contributed by atoms with Crippen molar-refractivity contribution in [3.05, 3.63) is 28.3 Å². The summed E-state index contributed by atoms with van der Waals surface area (Å²) in [5.74, 6) is 0.557. The van der Waals surface area contributed by atoms with E-state index in [1.54, 1.807) is 0 Å². The minimum absolute atomic E-state index is 0.0245. The first-order chi connectivity index (χ1) is 7.13. The molecule has 0 aromatic carbocycles. The lowest BCUT2D eigenvalue weighted by Gasteiger charge is -2.07. The largest absolute Gasteiger partial charge is 0.327 e. The zero-order valence-corrected chi connectivity index (χ0v) is 8.59. The second-order valence-electron chi connectivity index (χ2n) is 3.37. The zero-order valence-electron chi connectivity index (χ0n) is 8.59. The molecule has 1 heterocycles. The monoisotopic (exact) mass is 210 g/mol. The first kappa shape index (κ1) is 11.5. The van der Waals surface area contributed by atoms with Gasteiger partial charge in [0.2, 0.25) is 0 Å². The summed E-state index contributed by atoms with van der Waals surface area (Å²) in [6.45, 7) is 2.05. The molecule has 6 nitrogen and oxygen atoms in total. The molecule has 2 N–H and O–H groups in total. The molecule has 0 spiro atoms. The molecule has 0 saturated heterocycles. The Hall–Kier alpha value is -1.56. The van der Waals surface area contributed by atoms with E-state index >= 15 is 0 Å². The fourth-order valence-electron chi connectivity index (χ4n) is 1.26. The van der Waals surface area contributed by atoms with Crippen LogP contribution in [-0.4, -0.2) is 20.9 Å². The summed E-state index contributed by atoms with van der Waals surface area (Å²) in [6.07, 6.45) is 4.89. The van der Waals surface area contributed by atoms with Crippen molar-refractivity contribution in [3.63, 3.8) is 0 Å². The van der Waals surface area contributed by atoms with Crippen LogP contribution in [0.2, 0.25) is 0 Å². The quantitative estimate of drug-likeness (QED) is 0.579. The van der Waals surface area contributed by atoms with Crippen molar-refractivity contribution in [1.29, 1.82) is 0 Å². The number of rotatable bonds is 5. The molecule has 1 aromatic rings. The normalized spacial score (nSPS) is 12.4. The Bertz CT molecular complexity index is 325. The van der Waals surface area contributed by atoms with Crippen LogP contribution >= 0.6 is 0 Å². The average Bonchev–Trinajstić information content (AvgIpc) is 2.18. The summed E-state index contributed by atoms with van der Waals surface area (Å²) in [7, 11) is 0. The highest BCUT2D eigenvalue weighted by Gasteiger charge is 2.09. The lowest BCUT2D eigenvalue weighted by molar-refractivity contribution is -0.385. The predicted octanol–water partition coefficient (Wildman–Crippen LogP) is 1.05. The summed E-state index contributed by atoms with van der Waals surface area (Å²) >= 11 is 0. The predicted molar refractivity (Wildman–Crippen MR) is 55.3 cm³/mol. The van der Waals surface area contributed by atoms with E-state index in [0.29, 0.717) is 12.2 Å². The average molecular weight is 210 g/mol. The van der Waals surface area contributed by atoms with Crippen molar-refractivity contribution in [2.24, 2.45) is 5.73 Å². The highest BCUT2D eigenvalue weighted by atomic mass is 16.6. The van der Waals surface area contributed by atoms with Gasteiger partial charge in [-0.05, 0) is 6.42 Å². The Morgan fingerprint density at radius 3 is 2.60 bits per heavy atom. The number of nitro groups is 1. The van der Waals surface area contributed by atoms with E-state index in [1.807, 2.05) is 0 Å². The van der Waals surface area contributed by atoms with Crippen molar-refractivity contribution in [1.82, 2.24) is 9.97 Å². The van der Waals surface area contributed by atoms with Gasteiger partial charge in [0.25, 0.3) is 0 Å². The lowest BCUT2D eigenvalue weighted by atomic mass is 10.1. The number of aromatic nitrogens is 2. The van der Waals surface area contributed by atoms with Crippen LogP contribution in [0.3, 0.4) is 0 Å². The molecule has 1 unspecified atom stereocenters. The van der Waals surface area contributed by atoms with Crippen molar-refractivity contribution in [3.8, 4) is 0 Å². The van der Waals surface area contributed by atoms with Crippen molar-refractivity contribution in [2.45, 2.75) is 32.2 Å². The van der Waals surface area contributed by atoms with Gasteiger partial charge in [0.15, 0.2) is 0 Å². The van der Waals surface area contributed by atoms with Crippen molar-refractivity contribution in [2.75, 3.05) is 0 Å². The maximum absolute atomic E-state index is 10.3. The van der Waals surface area contributed by atoms with E-state index in [0.717, 1.165) is 12.8 Å². The first-order valence-electron chi connectivity index (χ1n) is 4.84. The van der Waals surface area contributed by atoms with Gasteiger partial charge in [-0.25, -0.2) is 9.97 Å². The van der Waals surface area contributed by atoms with Gasteiger partial charge in [0.1, 0.15) is 18.2 Å². The molecule has 1 aromatic heterocycles. The van der Waals surface area contributed by atoms with Gasteiger partial charge in [-0.3, -0.25) is 10.1 Å². The van der Waals surface area contributed by atoms with Crippen molar-refractivity contribution < 1.29 is 4.92 Å². The smallest absolute Gasteiger partial charge is 0.305 e. The lowest BCUT2D eigenvalue weighted by Crippen LogP contribution is -2.23. The fourth-order valence-corrected chi connectivity index (χ4v) is 1.26. The number of hydrogen-bond donors (Lipinski definition) is 1. The van der Waals surface area contributed by atoms with Crippen LogP contribution in [0.1, 0.15) is 25.6 Å². The third-order valence-corrected chi connectivity index (χ3v) is 2.01. The van der Waals surface area contributed by atoms with Crippen LogP contribution in [0.25, 0.3) is 0 Å². The van der Waals surface area contributed by atoms with Gasteiger partial charge in [0, 0.05) is 12.5 Å². The van der Waals surface area contributed by atoms with E-state index < -0.39 is 4.92 Å². The minimum Gasteiger partial charge on any atom is -0.327 e. The molecule has 0 aliphatic rings.